The van der Waals surface area contributed by atoms with Crippen molar-refractivity contribution < 1.29 is 17.9 Å². The van der Waals surface area contributed by atoms with Crippen molar-refractivity contribution in [1.29, 1.82) is 0 Å². The molecule has 168 valence electrons. The van der Waals surface area contributed by atoms with Gasteiger partial charge in [0.25, 0.3) is 0 Å². The second kappa shape index (κ2) is 12.1. The number of sulfonamides is 1. The number of hydrogen-bond acceptors (Lipinski definition) is 5. The van der Waals surface area contributed by atoms with Crippen LogP contribution in [0.15, 0.2) is 59.5 Å². The molecule has 1 N–H and O–H groups in total. The van der Waals surface area contributed by atoms with E-state index < -0.39 is 10.0 Å². The first-order valence-corrected chi connectivity index (χ1v) is 13.3. The van der Waals surface area contributed by atoms with Crippen molar-refractivity contribution in [3.8, 4) is 5.75 Å². The molecule has 0 atom stereocenters. The molecule has 1 aliphatic rings. The van der Waals surface area contributed by atoms with Gasteiger partial charge in [-0.3, -0.25) is 4.79 Å². The summed E-state index contributed by atoms with van der Waals surface area (Å²) in [5, 5.41) is 2.85. The second-order valence-electron chi connectivity index (χ2n) is 7.42. The Kier molecular flexibility index (Phi) is 9.24. The smallest absolute Gasteiger partial charge is 0.243 e. The fourth-order valence-electron chi connectivity index (χ4n) is 3.34. The third kappa shape index (κ3) is 7.55. The van der Waals surface area contributed by atoms with Crippen molar-refractivity contribution in [3.05, 3.63) is 60.2 Å². The summed E-state index contributed by atoms with van der Waals surface area (Å²) < 4.78 is 32.5. The van der Waals surface area contributed by atoms with Crippen LogP contribution in [-0.4, -0.2) is 50.6 Å². The lowest BCUT2D eigenvalue weighted by molar-refractivity contribution is -0.120. The van der Waals surface area contributed by atoms with E-state index in [9.17, 15) is 13.2 Å². The highest BCUT2D eigenvalue weighted by Gasteiger charge is 2.25. The maximum absolute atomic E-state index is 12.7. The summed E-state index contributed by atoms with van der Waals surface area (Å²) in [6.07, 6.45) is 3.39. The molecule has 31 heavy (non-hydrogen) atoms. The van der Waals surface area contributed by atoms with Gasteiger partial charge in [-0.2, -0.15) is 16.1 Å². The zero-order chi connectivity index (χ0) is 21.9. The Morgan fingerprint density at radius 1 is 1.00 bits per heavy atom. The summed E-state index contributed by atoms with van der Waals surface area (Å²) in [5.41, 5.74) is 1.26. The second-order valence-corrected chi connectivity index (χ2v) is 10.5. The Bertz CT molecular complexity index is 912. The molecule has 3 rings (SSSR count). The molecule has 8 heteroatoms. The van der Waals surface area contributed by atoms with E-state index in [1.807, 2.05) is 18.2 Å². The van der Waals surface area contributed by atoms with Gasteiger partial charge in [0.2, 0.25) is 15.9 Å². The highest BCUT2D eigenvalue weighted by molar-refractivity contribution is 7.98. The standard InChI is InChI=1S/C23H30N2O4S2/c26-23(13-18-30-19-20-7-3-1-4-8-20)24-14-17-29-21-9-11-22(12-10-21)31(27,28)25-15-5-2-6-16-25/h1,3-4,7-12H,2,5-6,13-19H2,(H,24,26). The van der Waals surface area contributed by atoms with Crippen molar-refractivity contribution in [1.82, 2.24) is 9.62 Å². The molecule has 0 unspecified atom stereocenters. The lowest BCUT2D eigenvalue weighted by Crippen LogP contribution is -2.35. The number of carbonyl (C=O) groups excluding carboxylic acids is 1. The van der Waals surface area contributed by atoms with Gasteiger partial charge >= 0.3 is 0 Å². The maximum Gasteiger partial charge on any atom is 0.243 e. The van der Waals surface area contributed by atoms with Gasteiger partial charge < -0.3 is 10.1 Å². The highest BCUT2D eigenvalue weighted by atomic mass is 32.2. The maximum atomic E-state index is 12.7. The lowest BCUT2D eigenvalue weighted by atomic mass is 10.2. The van der Waals surface area contributed by atoms with Gasteiger partial charge in [-0.15, -0.1) is 0 Å². The van der Waals surface area contributed by atoms with Crippen molar-refractivity contribution in [3.63, 3.8) is 0 Å². The minimum atomic E-state index is -3.43. The zero-order valence-electron chi connectivity index (χ0n) is 17.7. The van der Waals surface area contributed by atoms with E-state index in [2.05, 4.69) is 17.4 Å². The number of hydrogen-bond donors (Lipinski definition) is 1. The molecule has 6 nitrogen and oxygen atoms in total. The highest BCUT2D eigenvalue weighted by Crippen LogP contribution is 2.22. The number of rotatable bonds is 11. The molecule has 0 spiro atoms. The Hall–Kier alpha value is -2.03. The van der Waals surface area contributed by atoms with E-state index in [1.165, 1.54) is 5.56 Å². The molecule has 0 saturated carbocycles. The molecule has 0 bridgehead atoms. The van der Waals surface area contributed by atoms with Crippen LogP contribution in [0.3, 0.4) is 0 Å². The van der Waals surface area contributed by atoms with Gasteiger partial charge in [-0.1, -0.05) is 36.8 Å². The quantitative estimate of drug-likeness (QED) is 0.516. The van der Waals surface area contributed by atoms with Crippen molar-refractivity contribution >= 4 is 27.7 Å². The van der Waals surface area contributed by atoms with Crippen molar-refractivity contribution in [2.24, 2.45) is 0 Å². The van der Waals surface area contributed by atoms with E-state index in [-0.39, 0.29) is 5.91 Å². The largest absolute Gasteiger partial charge is 0.492 e. The third-order valence-electron chi connectivity index (χ3n) is 5.05. The van der Waals surface area contributed by atoms with E-state index >= 15 is 0 Å². The lowest BCUT2D eigenvalue weighted by Gasteiger charge is -2.25. The first kappa shape index (κ1) is 23.6. The normalized spacial score (nSPS) is 14.8. The predicted molar refractivity (Wildman–Crippen MR) is 125 cm³/mol. The summed E-state index contributed by atoms with van der Waals surface area (Å²) in [5.74, 6) is 2.27. The molecule has 2 aromatic carbocycles. The summed E-state index contributed by atoms with van der Waals surface area (Å²) in [6.45, 7) is 1.92. The number of carbonyl (C=O) groups is 1. The number of ether oxygens (including phenoxy) is 1. The molecule has 0 aliphatic carbocycles. The monoisotopic (exact) mass is 462 g/mol. The minimum Gasteiger partial charge on any atom is -0.492 e. The van der Waals surface area contributed by atoms with Crippen LogP contribution >= 0.6 is 11.8 Å². The molecular formula is C23H30N2O4S2. The van der Waals surface area contributed by atoms with Crippen LogP contribution < -0.4 is 10.1 Å². The number of thioether (sulfide) groups is 1. The zero-order valence-corrected chi connectivity index (χ0v) is 19.3. The Morgan fingerprint density at radius 2 is 1.71 bits per heavy atom. The molecular weight excluding hydrogens is 432 g/mol. The molecule has 0 radical (unpaired) electrons. The molecule has 1 fully saturated rings. The molecule has 1 aliphatic heterocycles. The van der Waals surface area contributed by atoms with E-state index in [0.29, 0.717) is 43.3 Å². The molecule has 0 aromatic heterocycles. The predicted octanol–water partition coefficient (Wildman–Crippen LogP) is 3.68. The topological polar surface area (TPSA) is 75.7 Å². The molecule has 1 amide bonds. The van der Waals surface area contributed by atoms with E-state index in [4.69, 9.17) is 4.74 Å². The van der Waals surface area contributed by atoms with Gasteiger partial charge in [0, 0.05) is 31.0 Å². The molecule has 1 saturated heterocycles. The van der Waals surface area contributed by atoms with Gasteiger partial charge in [0.05, 0.1) is 11.4 Å². The SMILES string of the molecule is O=C(CCSCc1ccccc1)NCCOc1ccc(S(=O)(=O)N2CCCCC2)cc1. The minimum absolute atomic E-state index is 0.00661. The van der Waals surface area contributed by atoms with Crippen LogP contribution in [0, 0.1) is 0 Å². The summed E-state index contributed by atoms with van der Waals surface area (Å²) in [4.78, 5) is 12.2. The fraction of sp³-hybridized carbons (Fsp3) is 0.435. The first-order valence-electron chi connectivity index (χ1n) is 10.7. The average Bonchev–Trinajstić information content (AvgIpc) is 2.81. The molecule has 2 aromatic rings. The molecule has 1 heterocycles. The van der Waals surface area contributed by atoms with E-state index in [0.717, 1.165) is 30.8 Å². The van der Waals surface area contributed by atoms with E-state index in [1.54, 1.807) is 40.3 Å². The van der Waals surface area contributed by atoms with Crippen molar-refractivity contribution in [2.75, 3.05) is 32.0 Å². The number of nitrogens with one attached hydrogen (secondary N) is 1. The summed E-state index contributed by atoms with van der Waals surface area (Å²) >= 11 is 1.74. The fourth-order valence-corrected chi connectivity index (χ4v) is 5.76. The van der Waals surface area contributed by atoms with Crippen LogP contribution in [0.4, 0.5) is 0 Å². The van der Waals surface area contributed by atoms with Gasteiger partial charge in [0.15, 0.2) is 0 Å². The number of amides is 1. The van der Waals surface area contributed by atoms with Gasteiger partial charge in [-0.05, 0) is 42.7 Å². The van der Waals surface area contributed by atoms with Crippen LogP contribution in [-0.2, 0) is 20.6 Å². The first-order chi connectivity index (χ1) is 15.1. The van der Waals surface area contributed by atoms with Gasteiger partial charge in [0.1, 0.15) is 12.4 Å². The van der Waals surface area contributed by atoms with Crippen molar-refractivity contribution in [2.45, 2.75) is 36.3 Å². The van der Waals surface area contributed by atoms with Crippen LogP contribution in [0.1, 0.15) is 31.2 Å². The number of piperidine rings is 1. The van der Waals surface area contributed by atoms with Crippen LogP contribution in [0.5, 0.6) is 5.75 Å². The number of nitrogens with zero attached hydrogens (tertiary/aromatic N) is 1. The Morgan fingerprint density at radius 3 is 2.42 bits per heavy atom. The third-order valence-corrected chi connectivity index (χ3v) is 8.00. The van der Waals surface area contributed by atoms with Gasteiger partial charge in [-0.25, -0.2) is 8.42 Å². The van der Waals surface area contributed by atoms with Crippen LogP contribution in [0.25, 0.3) is 0 Å². The summed E-state index contributed by atoms with van der Waals surface area (Å²) in [6, 6.07) is 16.7. The van der Waals surface area contributed by atoms with Crippen LogP contribution in [0.2, 0.25) is 0 Å². The average molecular weight is 463 g/mol. The summed E-state index contributed by atoms with van der Waals surface area (Å²) in [7, 11) is -3.43. The Labute approximate surface area is 189 Å². The number of benzene rings is 2. The Balaban J connectivity index is 1.32.